The largest absolute Gasteiger partial charge is 0.444 e. The number of carbonyl (C=O) groups excluding carboxylic acids is 1. The molecule has 0 aliphatic carbocycles. The van der Waals surface area contributed by atoms with Gasteiger partial charge < -0.3 is 14.7 Å². The van der Waals surface area contributed by atoms with Gasteiger partial charge in [0.15, 0.2) is 0 Å². The maximum atomic E-state index is 12.9. The zero-order chi connectivity index (χ0) is 16.3. The molecular formula is C17H24FNO3. The Morgan fingerprint density at radius 1 is 1.36 bits per heavy atom. The van der Waals surface area contributed by atoms with Gasteiger partial charge in [0.2, 0.25) is 0 Å². The molecule has 2 unspecified atom stereocenters. The minimum atomic E-state index is -0.528. The van der Waals surface area contributed by atoms with E-state index in [1.54, 1.807) is 17.0 Å². The number of aliphatic hydroxyl groups is 1. The van der Waals surface area contributed by atoms with Gasteiger partial charge in [0.25, 0.3) is 0 Å². The van der Waals surface area contributed by atoms with Gasteiger partial charge in [0.05, 0.1) is 6.10 Å². The number of carbonyl (C=O) groups is 1. The molecule has 0 saturated carbocycles. The van der Waals surface area contributed by atoms with Crippen LogP contribution < -0.4 is 0 Å². The summed E-state index contributed by atoms with van der Waals surface area (Å²) in [7, 11) is 0. The average molecular weight is 309 g/mol. The molecule has 2 atom stereocenters. The van der Waals surface area contributed by atoms with Crippen molar-refractivity contribution in [3.05, 3.63) is 35.6 Å². The maximum absolute atomic E-state index is 12.9. The van der Waals surface area contributed by atoms with E-state index in [1.165, 1.54) is 12.1 Å². The minimum Gasteiger partial charge on any atom is -0.444 e. The highest BCUT2D eigenvalue weighted by atomic mass is 19.1. The topological polar surface area (TPSA) is 49.8 Å². The first-order chi connectivity index (χ1) is 10.2. The lowest BCUT2D eigenvalue weighted by Crippen LogP contribution is -2.48. The van der Waals surface area contributed by atoms with Crippen LogP contribution in [0.1, 0.15) is 32.8 Å². The lowest BCUT2D eigenvalue weighted by atomic mass is 9.89. The van der Waals surface area contributed by atoms with Gasteiger partial charge >= 0.3 is 6.09 Å². The molecule has 1 fully saturated rings. The van der Waals surface area contributed by atoms with Crippen LogP contribution in [0.15, 0.2) is 24.3 Å². The standard InChI is InChI=1S/C17H24FNO3/c1-17(2,3)22-16(21)19-9-8-15(20)13(11-19)10-12-4-6-14(18)7-5-12/h4-7,13,15,20H,8-11H2,1-3H3. The number of likely N-dealkylation sites (tertiary alicyclic amines) is 1. The molecule has 1 heterocycles. The summed E-state index contributed by atoms with van der Waals surface area (Å²) in [6.45, 7) is 6.45. The SMILES string of the molecule is CC(C)(C)OC(=O)N1CCC(O)C(Cc2ccc(F)cc2)C1. The summed E-state index contributed by atoms with van der Waals surface area (Å²) >= 11 is 0. The van der Waals surface area contributed by atoms with Crippen LogP contribution in [0.2, 0.25) is 0 Å². The summed E-state index contributed by atoms with van der Waals surface area (Å²) in [6.07, 6.45) is 0.346. The van der Waals surface area contributed by atoms with E-state index in [0.717, 1.165) is 5.56 Å². The summed E-state index contributed by atoms with van der Waals surface area (Å²) in [5.41, 5.74) is 0.427. The summed E-state index contributed by atoms with van der Waals surface area (Å²) in [4.78, 5) is 13.8. The van der Waals surface area contributed by atoms with Crippen molar-refractivity contribution < 1.29 is 19.0 Å². The van der Waals surface area contributed by atoms with Gasteiger partial charge in [-0.25, -0.2) is 9.18 Å². The van der Waals surface area contributed by atoms with Crippen molar-refractivity contribution in [1.82, 2.24) is 4.90 Å². The predicted octanol–water partition coefficient (Wildman–Crippen LogP) is 2.99. The van der Waals surface area contributed by atoms with E-state index in [2.05, 4.69) is 0 Å². The van der Waals surface area contributed by atoms with Crippen LogP contribution in [0.5, 0.6) is 0 Å². The van der Waals surface area contributed by atoms with Crippen molar-refractivity contribution in [2.24, 2.45) is 5.92 Å². The summed E-state index contributed by atoms with van der Waals surface area (Å²) in [5.74, 6) is -0.338. The van der Waals surface area contributed by atoms with Crippen molar-refractivity contribution in [2.45, 2.75) is 45.3 Å². The number of rotatable bonds is 2. The maximum Gasteiger partial charge on any atom is 0.410 e. The number of aliphatic hydroxyl groups excluding tert-OH is 1. The molecule has 0 spiro atoms. The van der Waals surface area contributed by atoms with Crippen molar-refractivity contribution in [3.8, 4) is 0 Å². The lowest BCUT2D eigenvalue weighted by molar-refractivity contribution is -0.00823. The van der Waals surface area contributed by atoms with Crippen molar-refractivity contribution in [1.29, 1.82) is 0 Å². The molecule has 1 N–H and O–H groups in total. The molecule has 0 radical (unpaired) electrons. The molecule has 4 nitrogen and oxygen atoms in total. The van der Waals surface area contributed by atoms with Crippen LogP contribution in [0.25, 0.3) is 0 Å². The van der Waals surface area contributed by atoms with Gasteiger partial charge in [-0.1, -0.05) is 12.1 Å². The van der Waals surface area contributed by atoms with E-state index >= 15 is 0 Å². The van der Waals surface area contributed by atoms with E-state index < -0.39 is 11.7 Å². The normalized spacial score (nSPS) is 22.5. The number of hydrogen-bond donors (Lipinski definition) is 1. The first-order valence-corrected chi connectivity index (χ1v) is 7.65. The Labute approximate surface area is 130 Å². The van der Waals surface area contributed by atoms with E-state index in [-0.39, 0.29) is 17.8 Å². The molecule has 1 aromatic carbocycles. The third-order valence-corrected chi connectivity index (χ3v) is 3.76. The zero-order valence-corrected chi connectivity index (χ0v) is 13.4. The van der Waals surface area contributed by atoms with Gasteiger partial charge in [0.1, 0.15) is 11.4 Å². The molecular weight excluding hydrogens is 285 g/mol. The highest BCUT2D eigenvalue weighted by Gasteiger charge is 2.32. The van der Waals surface area contributed by atoms with Gasteiger partial charge in [-0.2, -0.15) is 0 Å². The molecule has 122 valence electrons. The molecule has 1 aliphatic rings. The molecule has 22 heavy (non-hydrogen) atoms. The minimum absolute atomic E-state index is 0.0632. The molecule has 1 saturated heterocycles. The van der Waals surface area contributed by atoms with Crippen LogP contribution in [0, 0.1) is 11.7 Å². The fourth-order valence-corrected chi connectivity index (χ4v) is 2.64. The van der Waals surface area contributed by atoms with Crippen molar-refractivity contribution in [2.75, 3.05) is 13.1 Å². The smallest absolute Gasteiger partial charge is 0.410 e. The van der Waals surface area contributed by atoms with Crippen molar-refractivity contribution >= 4 is 6.09 Å². The first kappa shape index (κ1) is 16.7. The fraction of sp³-hybridized carbons (Fsp3) is 0.588. The second-order valence-electron chi connectivity index (χ2n) is 6.87. The molecule has 2 rings (SSSR count). The van der Waals surface area contributed by atoms with Gasteiger partial charge in [-0.05, 0) is 51.3 Å². The first-order valence-electron chi connectivity index (χ1n) is 7.65. The molecule has 1 amide bonds. The number of amides is 1. The summed E-state index contributed by atoms with van der Waals surface area (Å²) in [5, 5.41) is 10.2. The quantitative estimate of drug-likeness (QED) is 0.913. The van der Waals surface area contributed by atoms with Crippen LogP contribution in [0.3, 0.4) is 0 Å². The number of benzene rings is 1. The van der Waals surface area contributed by atoms with E-state index in [0.29, 0.717) is 25.9 Å². The van der Waals surface area contributed by atoms with Gasteiger partial charge in [-0.15, -0.1) is 0 Å². The Bertz CT molecular complexity index is 510. The number of nitrogens with zero attached hydrogens (tertiary/aromatic N) is 1. The second kappa shape index (κ2) is 6.65. The fourth-order valence-electron chi connectivity index (χ4n) is 2.64. The second-order valence-corrected chi connectivity index (χ2v) is 6.87. The number of ether oxygens (including phenoxy) is 1. The summed E-state index contributed by atoms with van der Waals surface area (Å²) in [6, 6.07) is 6.26. The Morgan fingerprint density at radius 3 is 2.59 bits per heavy atom. The summed E-state index contributed by atoms with van der Waals surface area (Å²) < 4.78 is 18.3. The third kappa shape index (κ3) is 4.70. The highest BCUT2D eigenvalue weighted by Crippen LogP contribution is 2.23. The Kier molecular flexibility index (Phi) is 5.06. The molecule has 0 bridgehead atoms. The van der Waals surface area contributed by atoms with Crippen LogP contribution in [-0.4, -0.2) is 40.9 Å². The average Bonchev–Trinajstić information content (AvgIpc) is 2.41. The Balaban J connectivity index is 1.98. The van der Waals surface area contributed by atoms with Gasteiger partial charge in [0, 0.05) is 19.0 Å². The molecule has 1 aliphatic heterocycles. The van der Waals surface area contributed by atoms with Gasteiger partial charge in [-0.3, -0.25) is 0 Å². The Morgan fingerprint density at radius 2 is 2.00 bits per heavy atom. The lowest BCUT2D eigenvalue weighted by Gasteiger charge is -2.37. The van der Waals surface area contributed by atoms with Crippen LogP contribution in [-0.2, 0) is 11.2 Å². The monoisotopic (exact) mass is 309 g/mol. The highest BCUT2D eigenvalue weighted by molar-refractivity contribution is 5.68. The van der Waals surface area contributed by atoms with E-state index in [1.807, 2.05) is 20.8 Å². The van der Waals surface area contributed by atoms with Crippen molar-refractivity contribution in [3.63, 3.8) is 0 Å². The number of hydrogen-bond acceptors (Lipinski definition) is 3. The zero-order valence-electron chi connectivity index (χ0n) is 13.4. The predicted molar refractivity (Wildman–Crippen MR) is 82.0 cm³/mol. The van der Waals surface area contributed by atoms with E-state index in [4.69, 9.17) is 4.74 Å². The number of halogens is 1. The third-order valence-electron chi connectivity index (χ3n) is 3.76. The number of piperidine rings is 1. The molecule has 5 heteroatoms. The Hall–Kier alpha value is -1.62. The van der Waals surface area contributed by atoms with Crippen LogP contribution >= 0.6 is 0 Å². The molecule has 1 aromatic rings. The van der Waals surface area contributed by atoms with Crippen LogP contribution in [0.4, 0.5) is 9.18 Å². The van der Waals surface area contributed by atoms with E-state index in [9.17, 15) is 14.3 Å². The molecule has 0 aromatic heterocycles.